The molecule has 0 fully saturated rings. The van der Waals surface area contributed by atoms with E-state index in [0.717, 1.165) is 17.9 Å². The van der Waals surface area contributed by atoms with Crippen LogP contribution in [0.15, 0.2) is 47.7 Å². The summed E-state index contributed by atoms with van der Waals surface area (Å²) in [6.45, 7) is 2.67. The Labute approximate surface area is 148 Å². The fourth-order valence-electron chi connectivity index (χ4n) is 2.00. The van der Waals surface area contributed by atoms with Crippen molar-refractivity contribution in [3.63, 3.8) is 0 Å². The van der Waals surface area contributed by atoms with Gasteiger partial charge in [0.25, 0.3) is 0 Å². The monoisotopic (exact) mass is 412 g/mol. The Hall–Kier alpha value is -1.83. The fraction of sp³-hybridized carbons (Fsp3) is 0.250. The molecule has 22 heavy (non-hydrogen) atoms. The van der Waals surface area contributed by atoms with Gasteiger partial charge in [0.2, 0.25) is 0 Å². The molecule has 0 radical (unpaired) electrons. The quantitative estimate of drug-likeness (QED) is 0.450. The largest absolute Gasteiger partial charge is 0.495 e. The SMILES string of the molecule is COc1ccccc1NC(N)=NCCc1ccncc1C.I. The molecular weight excluding hydrogens is 391 g/mol. The summed E-state index contributed by atoms with van der Waals surface area (Å²) in [6.07, 6.45) is 4.49. The van der Waals surface area contributed by atoms with E-state index in [9.17, 15) is 0 Å². The van der Waals surface area contributed by atoms with Crippen molar-refractivity contribution in [2.45, 2.75) is 13.3 Å². The van der Waals surface area contributed by atoms with Gasteiger partial charge in [-0.15, -0.1) is 24.0 Å². The molecule has 0 saturated heterocycles. The first-order valence-electron chi connectivity index (χ1n) is 6.80. The number of methoxy groups -OCH3 is 1. The third kappa shape index (κ3) is 5.18. The standard InChI is InChI=1S/C16H20N4O.HI/c1-12-11-18-9-7-13(12)8-10-19-16(17)20-14-5-3-4-6-15(14)21-2;/h3-7,9,11H,8,10H2,1-2H3,(H3,17,19,20);1H. The zero-order chi connectivity index (χ0) is 15.1. The van der Waals surface area contributed by atoms with Crippen molar-refractivity contribution in [2.75, 3.05) is 19.0 Å². The number of ether oxygens (including phenoxy) is 1. The highest BCUT2D eigenvalue weighted by molar-refractivity contribution is 14.0. The topological polar surface area (TPSA) is 72.5 Å². The minimum Gasteiger partial charge on any atom is -0.495 e. The highest BCUT2D eigenvalue weighted by Gasteiger charge is 2.02. The number of nitrogens with two attached hydrogens (primary N) is 1. The number of anilines is 1. The first kappa shape index (κ1) is 18.2. The van der Waals surface area contributed by atoms with Crippen LogP contribution >= 0.6 is 24.0 Å². The molecule has 3 N–H and O–H groups in total. The molecule has 5 nitrogen and oxygen atoms in total. The summed E-state index contributed by atoms with van der Waals surface area (Å²) in [6, 6.07) is 9.60. The summed E-state index contributed by atoms with van der Waals surface area (Å²) in [5, 5.41) is 3.05. The molecule has 2 aromatic rings. The molecule has 118 valence electrons. The van der Waals surface area contributed by atoms with Crippen molar-refractivity contribution in [3.05, 3.63) is 53.9 Å². The van der Waals surface area contributed by atoms with Gasteiger partial charge in [0.15, 0.2) is 5.96 Å². The lowest BCUT2D eigenvalue weighted by Crippen LogP contribution is -2.23. The molecule has 0 aliphatic heterocycles. The van der Waals surface area contributed by atoms with Crippen LogP contribution in [0, 0.1) is 6.92 Å². The minimum absolute atomic E-state index is 0. The number of aliphatic imine (C=N–C) groups is 1. The van der Waals surface area contributed by atoms with E-state index in [-0.39, 0.29) is 24.0 Å². The van der Waals surface area contributed by atoms with E-state index >= 15 is 0 Å². The second-order valence-electron chi connectivity index (χ2n) is 4.64. The van der Waals surface area contributed by atoms with Crippen LogP contribution < -0.4 is 15.8 Å². The third-order valence-corrected chi connectivity index (χ3v) is 3.17. The number of halogens is 1. The van der Waals surface area contributed by atoms with Crippen LogP contribution in [0.3, 0.4) is 0 Å². The lowest BCUT2D eigenvalue weighted by molar-refractivity contribution is 0.417. The molecule has 0 atom stereocenters. The molecule has 0 saturated carbocycles. The number of aromatic nitrogens is 1. The number of pyridine rings is 1. The maximum absolute atomic E-state index is 5.90. The van der Waals surface area contributed by atoms with Gasteiger partial charge in [0.1, 0.15) is 5.75 Å². The number of aryl methyl sites for hydroxylation is 1. The first-order valence-corrected chi connectivity index (χ1v) is 6.80. The van der Waals surface area contributed by atoms with E-state index in [1.807, 2.05) is 43.5 Å². The summed E-state index contributed by atoms with van der Waals surface area (Å²) in [5.41, 5.74) is 9.11. The summed E-state index contributed by atoms with van der Waals surface area (Å²) in [4.78, 5) is 8.41. The number of benzene rings is 1. The van der Waals surface area contributed by atoms with Gasteiger partial charge in [0, 0.05) is 18.9 Å². The second kappa shape index (κ2) is 9.24. The molecule has 6 heteroatoms. The Kier molecular flexibility index (Phi) is 7.65. The van der Waals surface area contributed by atoms with Crippen LogP contribution in [0.25, 0.3) is 0 Å². The van der Waals surface area contributed by atoms with E-state index in [2.05, 4.69) is 15.3 Å². The van der Waals surface area contributed by atoms with Gasteiger partial charge >= 0.3 is 0 Å². The summed E-state index contributed by atoms with van der Waals surface area (Å²) in [7, 11) is 1.63. The molecule has 1 aromatic heterocycles. The van der Waals surface area contributed by atoms with Crippen LogP contribution in [0.1, 0.15) is 11.1 Å². The van der Waals surface area contributed by atoms with E-state index in [4.69, 9.17) is 10.5 Å². The number of hydrogen-bond donors (Lipinski definition) is 2. The summed E-state index contributed by atoms with van der Waals surface area (Å²) < 4.78 is 5.26. The molecule has 0 aliphatic carbocycles. The third-order valence-electron chi connectivity index (χ3n) is 3.17. The Morgan fingerprint density at radius 1 is 1.32 bits per heavy atom. The highest BCUT2D eigenvalue weighted by Crippen LogP contribution is 2.22. The van der Waals surface area contributed by atoms with Crippen molar-refractivity contribution in [2.24, 2.45) is 10.7 Å². The number of para-hydroxylation sites is 2. The van der Waals surface area contributed by atoms with Crippen LogP contribution in [0.5, 0.6) is 5.75 Å². The Bertz CT molecular complexity index is 631. The minimum atomic E-state index is 0. The number of nitrogens with zero attached hydrogens (tertiary/aromatic N) is 2. The number of hydrogen-bond acceptors (Lipinski definition) is 3. The molecular formula is C16H21IN4O. The molecule has 1 heterocycles. The Balaban J connectivity index is 0.00000242. The van der Waals surface area contributed by atoms with E-state index in [1.165, 1.54) is 11.1 Å². The van der Waals surface area contributed by atoms with Gasteiger partial charge in [0.05, 0.1) is 12.8 Å². The maximum Gasteiger partial charge on any atom is 0.193 e. The molecule has 0 bridgehead atoms. The lowest BCUT2D eigenvalue weighted by atomic mass is 10.1. The normalized spacial score (nSPS) is 10.7. The van der Waals surface area contributed by atoms with E-state index in [1.54, 1.807) is 13.3 Å². The maximum atomic E-state index is 5.90. The zero-order valence-corrected chi connectivity index (χ0v) is 15.1. The van der Waals surface area contributed by atoms with Crippen molar-refractivity contribution >= 4 is 35.6 Å². The number of guanidine groups is 1. The Morgan fingerprint density at radius 2 is 2.09 bits per heavy atom. The molecule has 1 aromatic carbocycles. The van der Waals surface area contributed by atoms with Gasteiger partial charge in [-0.2, -0.15) is 0 Å². The van der Waals surface area contributed by atoms with Crippen molar-refractivity contribution in [1.82, 2.24) is 4.98 Å². The van der Waals surface area contributed by atoms with Crippen LogP contribution in [0.2, 0.25) is 0 Å². The van der Waals surface area contributed by atoms with Crippen LogP contribution in [-0.4, -0.2) is 24.6 Å². The number of nitrogens with one attached hydrogen (secondary N) is 1. The molecule has 0 amide bonds. The molecule has 2 rings (SSSR count). The molecule has 0 spiro atoms. The van der Waals surface area contributed by atoms with Gasteiger partial charge in [-0.1, -0.05) is 12.1 Å². The highest BCUT2D eigenvalue weighted by atomic mass is 127. The van der Waals surface area contributed by atoms with Gasteiger partial charge in [-0.3, -0.25) is 9.98 Å². The molecule has 0 aliphatic rings. The summed E-state index contributed by atoms with van der Waals surface area (Å²) >= 11 is 0. The van der Waals surface area contributed by atoms with E-state index < -0.39 is 0 Å². The van der Waals surface area contributed by atoms with Crippen LogP contribution in [-0.2, 0) is 6.42 Å². The van der Waals surface area contributed by atoms with Crippen LogP contribution in [0.4, 0.5) is 5.69 Å². The number of rotatable bonds is 5. The predicted molar refractivity (Wildman–Crippen MR) is 101 cm³/mol. The average Bonchev–Trinajstić information content (AvgIpc) is 2.50. The van der Waals surface area contributed by atoms with Gasteiger partial charge in [-0.25, -0.2) is 0 Å². The summed E-state index contributed by atoms with van der Waals surface area (Å²) in [5.74, 6) is 1.12. The average molecular weight is 412 g/mol. The predicted octanol–water partition coefficient (Wildman–Crippen LogP) is 2.99. The first-order chi connectivity index (χ1) is 10.2. The van der Waals surface area contributed by atoms with E-state index in [0.29, 0.717) is 12.5 Å². The van der Waals surface area contributed by atoms with Crippen molar-refractivity contribution in [1.29, 1.82) is 0 Å². The van der Waals surface area contributed by atoms with Crippen molar-refractivity contribution < 1.29 is 4.74 Å². The fourth-order valence-corrected chi connectivity index (χ4v) is 2.00. The zero-order valence-electron chi connectivity index (χ0n) is 12.7. The second-order valence-corrected chi connectivity index (χ2v) is 4.64. The molecule has 0 unspecified atom stereocenters. The smallest absolute Gasteiger partial charge is 0.193 e. The van der Waals surface area contributed by atoms with Gasteiger partial charge < -0.3 is 15.8 Å². The van der Waals surface area contributed by atoms with Gasteiger partial charge in [-0.05, 0) is 42.7 Å². The van der Waals surface area contributed by atoms with Crippen molar-refractivity contribution in [3.8, 4) is 5.75 Å². The lowest BCUT2D eigenvalue weighted by Gasteiger charge is -2.10. The Morgan fingerprint density at radius 3 is 2.82 bits per heavy atom.